The Labute approximate surface area is 201 Å². The second-order valence-corrected chi connectivity index (χ2v) is 7.67. The van der Waals surface area contributed by atoms with E-state index in [0.717, 1.165) is 5.56 Å². The Balaban J connectivity index is 1.44. The topological polar surface area (TPSA) is 104 Å². The van der Waals surface area contributed by atoms with Gasteiger partial charge in [-0.3, -0.25) is 4.79 Å². The first-order valence-electron chi connectivity index (χ1n) is 10.8. The molecule has 4 aromatic rings. The molecule has 0 bridgehead atoms. The molecule has 0 aliphatic rings. The average Bonchev–Trinajstić information content (AvgIpc) is 2.87. The van der Waals surface area contributed by atoms with Crippen molar-refractivity contribution in [1.29, 1.82) is 0 Å². The summed E-state index contributed by atoms with van der Waals surface area (Å²) in [6.07, 6.45) is 0. The van der Waals surface area contributed by atoms with E-state index in [9.17, 15) is 14.4 Å². The molecule has 8 nitrogen and oxygen atoms in total. The Hall–Kier alpha value is -4.59. The highest BCUT2D eigenvalue weighted by atomic mass is 16.6. The normalized spacial score (nSPS) is 11.5. The van der Waals surface area contributed by atoms with Crippen molar-refractivity contribution in [3.05, 3.63) is 100 Å². The summed E-state index contributed by atoms with van der Waals surface area (Å²) in [4.78, 5) is 37.4. The fourth-order valence-electron chi connectivity index (χ4n) is 3.45. The molecule has 0 saturated heterocycles. The Morgan fingerprint density at radius 2 is 1.66 bits per heavy atom. The monoisotopic (exact) mass is 473 g/mol. The highest BCUT2D eigenvalue weighted by Crippen LogP contribution is 2.26. The fraction of sp³-hybridized carbons (Fsp3) is 0.148. The highest BCUT2D eigenvalue weighted by Gasteiger charge is 2.17. The summed E-state index contributed by atoms with van der Waals surface area (Å²) in [5, 5.41) is 3.31. The van der Waals surface area contributed by atoms with E-state index in [0.29, 0.717) is 16.9 Å². The molecule has 1 unspecified atom stereocenters. The molecule has 0 aliphatic heterocycles. The van der Waals surface area contributed by atoms with Crippen LogP contribution in [0.3, 0.4) is 0 Å². The van der Waals surface area contributed by atoms with Gasteiger partial charge in [-0.15, -0.1) is 0 Å². The first-order chi connectivity index (χ1) is 16.9. The van der Waals surface area contributed by atoms with Crippen molar-refractivity contribution in [3.8, 4) is 17.2 Å². The van der Waals surface area contributed by atoms with Gasteiger partial charge < -0.3 is 23.9 Å². The van der Waals surface area contributed by atoms with Gasteiger partial charge in [0, 0.05) is 11.5 Å². The van der Waals surface area contributed by atoms with E-state index < -0.39 is 17.5 Å². The Kier molecular flexibility index (Phi) is 7.11. The zero-order chi connectivity index (χ0) is 24.8. The number of hydrogen-bond donors (Lipinski definition) is 1. The number of benzene rings is 3. The van der Waals surface area contributed by atoms with Crippen LogP contribution in [-0.4, -0.2) is 25.6 Å². The largest absolute Gasteiger partial charge is 0.493 e. The minimum atomic E-state index is -0.793. The van der Waals surface area contributed by atoms with Gasteiger partial charge in [-0.1, -0.05) is 42.5 Å². The smallest absolute Gasteiger partial charge is 0.349 e. The lowest BCUT2D eigenvalue weighted by molar-refractivity contribution is -0.136. The predicted molar refractivity (Wildman–Crippen MR) is 129 cm³/mol. The van der Waals surface area contributed by atoms with Gasteiger partial charge in [0.2, 0.25) is 0 Å². The molecular weight excluding hydrogens is 450 g/mol. The summed E-state index contributed by atoms with van der Waals surface area (Å²) in [7, 11) is 1.50. The van der Waals surface area contributed by atoms with Crippen LogP contribution in [0.4, 0.5) is 0 Å². The molecule has 0 saturated carbocycles. The molecule has 0 radical (unpaired) electrons. The molecule has 178 valence electrons. The van der Waals surface area contributed by atoms with Gasteiger partial charge in [-0.05, 0) is 42.8 Å². The van der Waals surface area contributed by atoms with E-state index in [4.69, 9.17) is 18.6 Å². The number of para-hydroxylation sites is 2. The number of methoxy groups -OCH3 is 1. The molecular formula is C27H23NO7. The second-order valence-electron chi connectivity index (χ2n) is 7.67. The molecule has 1 atom stereocenters. The van der Waals surface area contributed by atoms with Crippen LogP contribution in [0, 0.1) is 0 Å². The van der Waals surface area contributed by atoms with Crippen LogP contribution in [0.25, 0.3) is 11.0 Å². The summed E-state index contributed by atoms with van der Waals surface area (Å²) in [6.45, 7) is 1.48. The van der Waals surface area contributed by atoms with Crippen molar-refractivity contribution in [1.82, 2.24) is 5.32 Å². The zero-order valence-corrected chi connectivity index (χ0v) is 19.1. The summed E-state index contributed by atoms with van der Waals surface area (Å²) >= 11 is 0. The third-order valence-electron chi connectivity index (χ3n) is 5.25. The fourth-order valence-corrected chi connectivity index (χ4v) is 3.45. The number of amides is 1. The molecule has 1 aromatic heterocycles. The maximum absolute atomic E-state index is 12.7. The first-order valence-corrected chi connectivity index (χ1v) is 10.8. The number of fused-ring (bicyclic) bond motifs is 1. The number of carbonyl (C=O) groups is 2. The molecule has 35 heavy (non-hydrogen) atoms. The number of nitrogens with one attached hydrogen (secondary N) is 1. The van der Waals surface area contributed by atoms with Gasteiger partial charge in [-0.25, -0.2) is 9.59 Å². The second kappa shape index (κ2) is 10.6. The number of rotatable bonds is 8. The highest BCUT2D eigenvalue weighted by molar-refractivity contribution is 5.97. The number of esters is 1. The van der Waals surface area contributed by atoms with E-state index >= 15 is 0 Å². The van der Waals surface area contributed by atoms with Crippen molar-refractivity contribution >= 4 is 22.8 Å². The lowest BCUT2D eigenvalue weighted by atomic mass is 10.1. The molecule has 4 rings (SSSR count). The Morgan fingerprint density at radius 1 is 0.943 bits per heavy atom. The molecule has 8 heteroatoms. The maximum Gasteiger partial charge on any atom is 0.349 e. The van der Waals surface area contributed by atoms with E-state index in [1.165, 1.54) is 25.3 Å². The summed E-state index contributed by atoms with van der Waals surface area (Å²) in [5.41, 5.74) is 0.180. The summed E-state index contributed by atoms with van der Waals surface area (Å²) in [5.74, 6) is -0.122. The Morgan fingerprint density at radius 3 is 2.40 bits per heavy atom. The number of carbonyl (C=O) groups excluding carboxylic acids is 2. The first kappa shape index (κ1) is 23.6. The van der Waals surface area contributed by atoms with Crippen LogP contribution in [-0.2, 0) is 4.79 Å². The van der Waals surface area contributed by atoms with Crippen molar-refractivity contribution in [2.24, 2.45) is 0 Å². The van der Waals surface area contributed by atoms with E-state index in [1.807, 2.05) is 37.3 Å². The van der Waals surface area contributed by atoms with Crippen LogP contribution in [0.1, 0.15) is 28.9 Å². The molecule has 1 heterocycles. The van der Waals surface area contributed by atoms with E-state index in [-0.39, 0.29) is 29.5 Å². The minimum absolute atomic E-state index is 0.116. The predicted octanol–water partition coefficient (Wildman–Crippen LogP) is 4.28. The van der Waals surface area contributed by atoms with Crippen LogP contribution < -0.4 is 25.2 Å². The zero-order valence-electron chi connectivity index (χ0n) is 19.1. The molecule has 0 fully saturated rings. The lowest BCUT2D eigenvalue weighted by Crippen LogP contribution is -2.30. The molecule has 0 aliphatic carbocycles. The standard InChI is InChI=1S/C27H23NO7/c1-17(18-8-4-3-5-9-18)28-26(30)21-14-19-12-13-20(15-24(19)35-27(21)31)34-25(29)16-33-23-11-7-6-10-22(23)32-2/h3-15,17H,16H2,1-2H3,(H,28,30). The van der Waals surface area contributed by atoms with Gasteiger partial charge in [0.15, 0.2) is 18.1 Å². The van der Waals surface area contributed by atoms with Gasteiger partial charge in [0.25, 0.3) is 5.91 Å². The summed E-state index contributed by atoms with van der Waals surface area (Å²) < 4.78 is 21.3. The van der Waals surface area contributed by atoms with Crippen molar-refractivity contribution in [2.45, 2.75) is 13.0 Å². The lowest BCUT2D eigenvalue weighted by Gasteiger charge is -2.14. The van der Waals surface area contributed by atoms with Gasteiger partial charge in [0.05, 0.1) is 13.2 Å². The van der Waals surface area contributed by atoms with Crippen molar-refractivity contribution in [3.63, 3.8) is 0 Å². The van der Waals surface area contributed by atoms with Crippen LogP contribution >= 0.6 is 0 Å². The van der Waals surface area contributed by atoms with Gasteiger partial charge in [-0.2, -0.15) is 0 Å². The molecule has 3 aromatic carbocycles. The Bertz CT molecular complexity index is 1410. The van der Waals surface area contributed by atoms with Crippen molar-refractivity contribution in [2.75, 3.05) is 13.7 Å². The average molecular weight is 473 g/mol. The minimum Gasteiger partial charge on any atom is -0.493 e. The molecule has 1 N–H and O–H groups in total. The molecule has 0 spiro atoms. The van der Waals surface area contributed by atoms with E-state index in [2.05, 4.69) is 5.32 Å². The summed E-state index contributed by atoms with van der Waals surface area (Å²) in [6, 6.07) is 22.0. The molecule has 1 amide bonds. The van der Waals surface area contributed by atoms with Crippen LogP contribution in [0.2, 0.25) is 0 Å². The SMILES string of the molecule is COc1ccccc1OCC(=O)Oc1ccc2cc(C(=O)NC(C)c3ccccc3)c(=O)oc2c1. The number of ether oxygens (including phenoxy) is 3. The van der Waals surface area contributed by atoms with Crippen LogP contribution in [0.15, 0.2) is 88.1 Å². The number of hydrogen-bond acceptors (Lipinski definition) is 7. The third kappa shape index (κ3) is 5.67. The van der Waals surface area contributed by atoms with Crippen molar-refractivity contribution < 1.29 is 28.2 Å². The van der Waals surface area contributed by atoms with Gasteiger partial charge >= 0.3 is 11.6 Å². The van der Waals surface area contributed by atoms with Gasteiger partial charge in [0.1, 0.15) is 16.9 Å². The third-order valence-corrected chi connectivity index (χ3v) is 5.25. The quantitative estimate of drug-likeness (QED) is 0.231. The maximum atomic E-state index is 12.7. The van der Waals surface area contributed by atoms with E-state index in [1.54, 1.807) is 30.3 Å². The van der Waals surface area contributed by atoms with Crippen LogP contribution in [0.5, 0.6) is 17.2 Å².